The topological polar surface area (TPSA) is 78.9 Å². The number of allylic oxidation sites excluding steroid dienone is 1. The van der Waals surface area contributed by atoms with Crippen molar-refractivity contribution < 1.29 is 28.6 Å². The minimum atomic E-state index is -1.02. The number of esters is 3. The first kappa shape index (κ1) is 28.8. The largest absolute Gasteiger partial charge is 0.469 e. The third-order valence-corrected chi connectivity index (χ3v) is 6.46. The lowest BCUT2D eigenvalue weighted by atomic mass is 9.64. The lowest BCUT2D eigenvalue weighted by molar-refractivity contribution is -0.146. The van der Waals surface area contributed by atoms with Gasteiger partial charge in [0.15, 0.2) is 0 Å². The third kappa shape index (κ3) is 7.54. The summed E-state index contributed by atoms with van der Waals surface area (Å²) in [4.78, 5) is 37.7. The van der Waals surface area contributed by atoms with E-state index in [2.05, 4.69) is 6.58 Å². The van der Waals surface area contributed by atoms with Gasteiger partial charge in [0.25, 0.3) is 0 Å². The molecular weight excluding hydrogens is 456 g/mol. The van der Waals surface area contributed by atoms with E-state index in [1.54, 1.807) is 0 Å². The van der Waals surface area contributed by atoms with Crippen molar-refractivity contribution in [1.29, 1.82) is 0 Å². The van der Waals surface area contributed by atoms with Crippen LogP contribution in [-0.4, -0.2) is 39.2 Å². The number of hydrogen-bond acceptors (Lipinski definition) is 6. The van der Waals surface area contributed by atoms with Crippen molar-refractivity contribution in [2.75, 3.05) is 21.3 Å². The highest BCUT2D eigenvalue weighted by Crippen LogP contribution is 2.45. The monoisotopic (exact) mass is 490 g/mol. The predicted molar refractivity (Wildman–Crippen MR) is 137 cm³/mol. The van der Waals surface area contributed by atoms with Gasteiger partial charge in [-0.2, -0.15) is 0 Å². The van der Waals surface area contributed by atoms with Crippen molar-refractivity contribution in [3.8, 4) is 0 Å². The SMILES string of the molecule is [CH]C(CC(CC([CH])C(=O)OC)(CC(CC(=C)c1ccccc1)C(=O)OC)c1ccccc1)C(=O)OC. The van der Waals surface area contributed by atoms with Crippen LogP contribution < -0.4 is 0 Å². The van der Waals surface area contributed by atoms with E-state index in [1.807, 2.05) is 60.7 Å². The molecule has 6 nitrogen and oxygen atoms in total. The summed E-state index contributed by atoms with van der Waals surface area (Å²) in [6.07, 6.45) is 0.663. The Hall–Kier alpha value is -3.41. The van der Waals surface area contributed by atoms with Gasteiger partial charge in [-0.15, -0.1) is 0 Å². The van der Waals surface area contributed by atoms with Crippen molar-refractivity contribution in [2.45, 2.75) is 31.1 Å². The zero-order chi connectivity index (χ0) is 26.7. The van der Waals surface area contributed by atoms with Crippen LogP contribution in [0.5, 0.6) is 0 Å². The van der Waals surface area contributed by atoms with Crippen LogP contribution in [0.2, 0.25) is 0 Å². The van der Waals surface area contributed by atoms with Gasteiger partial charge < -0.3 is 14.2 Å². The van der Waals surface area contributed by atoms with Crippen LogP contribution in [0.15, 0.2) is 67.2 Å². The first-order valence-corrected chi connectivity index (χ1v) is 11.7. The van der Waals surface area contributed by atoms with Crippen LogP contribution in [0.1, 0.15) is 36.8 Å². The predicted octanol–water partition coefficient (Wildman–Crippen LogP) is 4.99. The molecular formula is C30H34O6. The van der Waals surface area contributed by atoms with Crippen LogP contribution in [0.4, 0.5) is 0 Å². The lowest BCUT2D eigenvalue weighted by Gasteiger charge is -2.40. The molecule has 0 amide bonds. The molecule has 2 aromatic carbocycles. The molecule has 6 heteroatoms. The van der Waals surface area contributed by atoms with Gasteiger partial charge in [0, 0.05) is 0 Å². The zero-order valence-electron chi connectivity index (χ0n) is 21.1. The van der Waals surface area contributed by atoms with Crippen molar-refractivity contribution >= 4 is 23.5 Å². The smallest absolute Gasteiger partial charge is 0.309 e. The van der Waals surface area contributed by atoms with Gasteiger partial charge in [-0.3, -0.25) is 14.4 Å². The van der Waals surface area contributed by atoms with Gasteiger partial charge in [-0.1, -0.05) is 67.2 Å². The number of benzene rings is 2. The van der Waals surface area contributed by atoms with Gasteiger partial charge in [-0.05, 0) is 61.6 Å². The van der Waals surface area contributed by atoms with E-state index in [0.29, 0.717) is 6.42 Å². The summed E-state index contributed by atoms with van der Waals surface area (Å²) in [7, 11) is 3.84. The highest BCUT2D eigenvalue weighted by atomic mass is 16.5. The van der Waals surface area contributed by atoms with E-state index in [4.69, 9.17) is 28.1 Å². The molecule has 2 aromatic rings. The standard InChI is InChI=1S/C30H34O6/c1-21(24-13-9-7-10-14-24)17-25(29(33)36-6)20-30(18-22(2)27(31)34-4,19-23(3)28(32)35-5)26-15-11-8-12-16-26/h2-3,7-16,22-23,25H,1,17-20H2,4-6H3. The number of methoxy groups -OCH3 is 3. The molecule has 0 fully saturated rings. The molecule has 0 aliphatic heterocycles. The van der Waals surface area contributed by atoms with E-state index >= 15 is 0 Å². The number of carbonyl (C=O) groups is 3. The molecule has 0 saturated heterocycles. The van der Waals surface area contributed by atoms with E-state index in [1.165, 1.54) is 21.3 Å². The summed E-state index contributed by atoms with van der Waals surface area (Å²) < 4.78 is 14.9. The molecule has 190 valence electrons. The van der Waals surface area contributed by atoms with Crippen LogP contribution in [0, 0.1) is 31.6 Å². The lowest BCUT2D eigenvalue weighted by Crippen LogP contribution is -2.38. The minimum Gasteiger partial charge on any atom is -0.469 e. The number of carbonyl (C=O) groups excluding carboxylic acids is 3. The first-order valence-electron chi connectivity index (χ1n) is 11.7. The van der Waals surface area contributed by atoms with Gasteiger partial charge in [0.1, 0.15) is 0 Å². The van der Waals surface area contributed by atoms with Gasteiger partial charge in [0.2, 0.25) is 0 Å². The normalized spacial score (nSPS) is 15.0. The van der Waals surface area contributed by atoms with Gasteiger partial charge >= 0.3 is 17.9 Å². The molecule has 4 radical (unpaired) electrons. The number of rotatable bonds is 13. The van der Waals surface area contributed by atoms with E-state index in [9.17, 15) is 14.4 Å². The molecule has 0 N–H and O–H groups in total. The second-order valence-electron chi connectivity index (χ2n) is 8.91. The van der Waals surface area contributed by atoms with Crippen LogP contribution in [-0.2, 0) is 34.0 Å². The van der Waals surface area contributed by atoms with Gasteiger partial charge in [0.05, 0.1) is 39.1 Å². The molecule has 0 aliphatic carbocycles. The van der Waals surface area contributed by atoms with E-state index in [-0.39, 0.29) is 19.3 Å². The maximum Gasteiger partial charge on any atom is 0.309 e. The molecule has 0 aliphatic rings. The van der Waals surface area contributed by atoms with Crippen molar-refractivity contribution in [3.63, 3.8) is 0 Å². The molecule has 3 unspecified atom stereocenters. The Morgan fingerprint density at radius 3 is 1.64 bits per heavy atom. The van der Waals surface area contributed by atoms with E-state index in [0.717, 1.165) is 16.7 Å². The highest BCUT2D eigenvalue weighted by molar-refractivity contribution is 5.77. The third-order valence-electron chi connectivity index (χ3n) is 6.46. The summed E-state index contributed by atoms with van der Waals surface area (Å²) in [5.41, 5.74) is 1.47. The Morgan fingerprint density at radius 1 is 0.750 bits per heavy atom. The van der Waals surface area contributed by atoms with Crippen LogP contribution >= 0.6 is 0 Å². The Kier molecular flexibility index (Phi) is 10.9. The maximum absolute atomic E-state index is 13.0. The zero-order valence-corrected chi connectivity index (χ0v) is 21.1. The average Bonchev–Trinajstić information content (AvgIpc) is 2.91. The fourth-order valence-electron chi connectivity index (χ4n) is 4.67. The molecule has 2 rings (SSSR count). The quantitative estimate of drug-likeness (QED) is 0.291. The van der Waals surface area contributed by atoms with Crippen LogP contribution in [0.25, 0.3) is 5.57 Å². The number of ether oxygens (including phenoxy) is 3. The second kappa shape index (κ2) is 13.6. The minimum absolute atomic E-state index is 0.0830. The molecule has 36 heavy (non-hydrogen) atoms. The summed E-state index contributed by atoms with van der Waals surface area (Å²) in [5, 5.41) is 0. The molecule has 0 aromatic heterocycles. The van der Waals surface area contributed by atoms with Gasteiger partial charge in [-0.25, -0.2) is 0 Å². The first-order chi connectivity index (χ1) is 17.2. The molecule has 3 atom stereocenters. The molecule has 0 bridgehead atoms. The Labute approximate surface area is 214 Å². The number of hydrogen-bond donors (Lipinski definition) is 0. The maximum atomic E-state index is 13.0. The average molecular weight is 491 g/mol. The van der Waals surface area contributed by atoms with Crippen molar-refractivity contribution in [3.05, 3.63) is 92.2 Å². The Morgan fingerprint density at radius 2 is 1.19 bits per heavy atom. The highest BCUT2D eigenvalue weighted by Gasteiger charge is 2.42. The fraction of sp³-hybridized carbons (Fsp3) is 0.367. The van der Waals surface area contributed by atoms with Crippen LogP contribution in [0.3, 0.4) is 0 Å². The van der Waals surface area contributed by atoms with Crippen molar-refractivity contribution in [2.24, 2.45) is 17.8 Å². The van der Waals surface area contributed by atoms with Crippen molar-refractivity contribution in [1.82, 2.24) is 0 Å². The molecule has 0 spiro atoms. The summed E-state index contributed by atoms with van der Waals surface area (Å²) in [6, 6.07) is 18.8. The molecule has 0 saturated carbocycles. The van der Waals surface area contributed by atoms with E-state index < -0.39 is 41.1 Å². The Bertz CT molecular complexity index is 990. The molecule has 0 heterocycles. The summed E-state index contributed by atoms with van der Waals surface area (Å²) in [6.45, 7) is 16.7. The fourth-order valence-corrected chi connectivity index (χ4v) is 4.67. The second-order valence-corrected chi connectivity index (χ2v) is 8.91. The summed E-state index contributed by atoms with van der Waals surface area (Å²) >= 11 is 0. The Balaban J connectivity index is 2.58. The summed E-state index contributed by atoms with van der Waals surface area (Å²) in [5.74, 6) is -4.34.